The summed E-state index contributed by atoms with van der Waals surface area (Å²) in [5, 5.41) is 8.76. The minimum absolute atomic E-state index is 0.0890. The fourth-order valence-electron chi connectivity index (χ4n) is 1.75. The third-order valence-corrected chi connectivity index (χ3v) is 5.08. The number of morpholine rings is 1. The lowest BCUT2D eigenvalue weighted by atomic mass is 10.3. The van der Waals surface area contributed by atoms with Crippen molar-refractivity contribution in [2.24, 2.45) is 0 Å². The molecular weight excluding hydrogens is 339 g/mol. The first-order valence-electron chi connectivity index (χ1n) is 5.41. The number of rotatable bonds is 2. The fourth-order valence-corrected chi connectivity index (χ4v) is 3.55. The van der Waals surface area contributed by atoms with E-state index in [0.29, 0.717) is 4.47 Å². The number of hydrogen-bond acceptors (Lipinski definition) is 4. The van der Waals surface area contributed by atoms with Crippen molar-refractivity contribution in [2.75, 3.05) is 19.7 Å². The quantitative estimate of drug-likeness (QED) is 0.811. The van der Waals surface area contributed by atoms with Crippen molar-refractivity contribution in [1.82, 2.24) is 4.31 Å². The molecule has 1 atom stereocenters. The molecule has 1 heterocycles. The summed E-state index contributed by atoms with van der Waals surface area (Å²) >= 11 is 3.07. The summed E-state index contributed by atoms with van der Waals surface area (Å²) in [5.74, 6) is -0.825. The van der Waals surface area contributed by atoms with Gasteiger partial charge in [0.05, 0.1) is 19.2 Å². The maximum absolute atomic E-state index is 13.7. The third kappa shape index (κ3) is 2.95. The molecule has 1 unspecified atom stereocenters. The SMILES string of the molecule is N#CC1CN(S(=O)(=O)c2ccc(Br)cc2F)CCO1. The van der Waals surface area contributed by atoms with Crippen molar-refractivity contribution >= 4 is 26.0 Å². The number of hydrogen-bond donors (Lipinski definition) is 0. The first-order valence-corrected chi connectivity index (χ1v) is 7.65. The van der Waals surface area contributed by atoms with Crippen LogP contribution in [-0.4, -0.2) is 38.5 Å². The van der Waals surface area contributed by atoms with Crippen molar-refractivity contribution in [3.63, 3.8) is 0 Å². The van der Waals surface area contributed by atoms with Gasteiger partial charge in [-0.2, -0.15) is 9.57 Å². The molecule has 0 aliphatic carbocycles. The molecule has 1 aromatic rings. The molecule has 5 nitrogen and oxygen atoms in total. The molecule has 1 aromatic carbocycles. The van der Waals surface area contributed by atoms with E-state index in [1.54, 1.807) is 0 Å². The summed E-state index contributed by atoms with van der Waals surface area (Å²) in [4.78, 5) is -0.394. The van der Waals surface area contributed by atoms with E-state index >= 15 is 0 Å². The van der Waals surface area contributed by atoms with Gasteiger partial charge in [-0.15, -0.1) is 0 Å². The van der Waals surface area contributed by atoms with Gasteiger partial charge < -0.3 is 4.74 Å². The van der Waals surface area contributed by atoms with Crippen molar-refractivity contribution in [3.05, 3.63) is 28.5 Å². The molecule has 102 valence electrons. The Bertz CT molecular complexity index is 629. The average Bonchev–Trinajstić information content (AvgIpc) is 2.38. The molecule has 2 rings (SSSR count). The second-order valence-corrected chi connectivity index (χ2v) is 6.75. The van der Waals surface area contributed by atoms with Crippen LogP contribution in [0.25, 0.3) is 0 Å². The molecule has 19 heavy (non-hydrogen) atoms. The predicted octanol–water partition coefficient (Wildman–Crippen LogP) is 1.50. The Morgan fingerprint density at radius 2 is 2.26 bits per heavy atom. The van der Waals surface area contributed by atoms with Gasteiger partial charge in [0.25, 0.3) is 0 Å². The molecule has 0 N–H and O–H groups in total. The highest BCUT2D eigenvalue weighted by molar-refractivity contribution is 9.10. The number of nitriles is 1. The van der Waals surface area contributed by atoms with Crippen LogP contribution in [0.5, 0.6) is 0 Å². The van der Waals surface area contributed by atoms with Gasteiger partial charge in [-0.1, -0.05) is 15.9 Å². The summed E-state index contributed by atoms with van der Waals surface area (Å²) in [6, 6.07) is 5.60. The highest BCUT2D eigenvalue weighted by atomic mass is 79.9. The Balaban J connectivity index is 2.34. The number of sulfonamides is 1. The largest absolute Gasteiger partial charge is 0.361 e. The van der Waals surface area contributed by atoms with Gasteiger partial charge in [0.2, 0.25) is 10.0 Å². The number of benzene rings is 1. The Hall–Kier alpha value is -1.01. The highest BCUT2D eigenvalue weighted by Crippen LogP contribution is 2.24. The Kier molecular flexibility index (Phi) is 4.20. The summed E-state index contributed by atoms with van der Waals surface area (Å²) in [6.07, 6.45) is -0.818. The third-order valence-electron chi connectivity index (χ3n) is 2.68. The molecule has 1 aliphatic rings. The molecule has 0 spiro atoms. The zero-order valence-electron chi connectivity index (χ0n) is 9.71. The molecule has 1 fully saturated rings. The lowest BCUT2D eigenvalue weighted by molar-refractivity contribution is 0.0311. The average molecular weight is 349 g/mol. The van der Waals surface area contributed by atoms with Crippen LogP contribution >= 0.6 is 15.9 Å². The Labute approximate surface area is 118 Å². The number of nitrogens with zero attached hydrogens (tertiary/aromatic N) is 2. The molecule has 0 saturated carbocycles. The van der Waals surface area contributed by atoms with E-state index < -0.39 is 26.8 Å². The highest BCUT2D eigenvalue weighted by Gasteiger charge is 2.32. The summed E-state index contributed by atoms with van der Waals surface area (Å²) in [7, 11) is -3.95. The van der Waals surface area contributed by atoms with Crippen LogP contribution < -0.4 is 0 Å². The van der Waals surface area contributed by atoms with E-state index in [0.717, 1.165) is 10.4 Å². The fraction of sp³-hybridized carbons (Fsp3) is 0.364. The van der Waals surface area contributed by atoms with Crippen molar-refractivity contribution < 1.29 is 17.5 Å². The van der Waals surface area contributed by atoms with Crippen LogP contribution in [0.1, 0.15) is 0 Å². The first kappa shape index (κ1) is 14.4. The predicted molar refractivity (Wildman–Crippen MR) is 68.2 cm³/mol. The van der Waals surface area contributed by atoms with Crippen molar-refractivity contribution in [1.29, 1.82) is 5.26 Å². The smallest absolute Gasteiger partial charge is 0.246 e. The van der Waals surface area contributed by atoms with Crippen LogP contribution in [0.2, 0.25) is 0 Å². The van der Waals surface area contributed by atoms with E-state index in [1.165, 1.54) is 12.1 Å². The Morgan fingerprint density at radius 3 is 2.89 bits per heavy atom. The standard InChI is InChI=1S/C11H10BrFN2O3S/c12-8-1-2-11(10(13)5-8)19(16,17)15-3-4-18-9(6-14)7-15/h1-2,5,9H,3-4,7H2. The minimum Gasteiger partial charge on any atom is -0.361 e. The van der Waals surface area contributed by atoms with E-state index in [9.17, 15) is 12.8 Å². The van der Waals surface area contributed by atoms with E-state index in [1.807, 2.05) is 6.07 Å². The molecular formula is C11H10BrFN2O3S. The molecule has 0 bridgehead atoms. The zero-order chi connectivity index (χ0) is 14.0. The normalized spacial score (nSPS) is 21.0. The zero-order valence-corrected chi connectivity index (χ0v) is 12.1. The lowest BCUT2D eigenvalue weighted by Crippen LogP contribution is -2.45. The number of ether oxygens (including phenoxy) is 1. The maximum Gasteiger partial charge on any atom is 0.246 e. The van der Waals surface area contributed by atoms with E-state index in [4.69, 9.17) is 10.00 Å². The van der Waals surface area contributed by atoms with Gasteiger partial charge in [-0.05, 0) is 18.2 Å². The van der Waals surface area contributed by atoms with Crippen LogP contribution in [0.15, 0.2) is 27.6 Å². The van der Waals surface area contributed by atoms with Crippen LogP contribution in [0.3, 0.4) is 0 Å². The van der Waals surface area contributed by atoms with Crippen LogP contribution in [0, 0.1) is 17.1 Å². The molecule has 1 saturated heterocycles. The molecule has 0 radical (unpaired) electrons. The maximum atomic E-state index is 13.7. The van der Waals surface area contributed by atoms with E-state index in [-0.39, 0.29) is 19.7 Å². The van der Waals surface area contributed by atoms with Gasteiger partial charge in [-0.25, -0.2) is 12.8 Å². The topological polar surface area (TPSA) is 70.4 Å². The molecule has 8 heteroatoms. The van der Waals surface area contributed by atoms with Gasteiger partial charge >= 0.3 is 0 Å². The van der Waals surface area contributed by atoms with Crippen LogP contribution in [-0.2, 0) is 14.8 Å². The van der Waals surface area contributed by atoms with Crippen molar-refractivity contribution in [2.45, 2.75) is 11.0 Å². The summed E-state index contributed by atoms with van der Waals surface area (Å²) in [5.41, 5.74) is 0. The minimum atomic E-state index is -3.95. The second kappa shape index (κ2) is 5.54. The van der Waals surface area contributed by atoms with E-state index in [2.05, 4.69) is 15.9 Å². The number of halogens is 2. The van der Waals surface area contributed by atoms with Gasteiger partial charge in [0.1, 0.15) is 10.7 Å². The van der Waals surface area contributed by atoms with Crippen LogP contribution in [0.4, 0.5) is 4.39 Å². The first-order chi connectivity index (χ1) is 8.95. The van der Waals surface area contributed by atoms with Crippen molar-refractivity contribution in [3.8, 4) is 6.07 Å². The van der Waals surface area contributed by atoms with Gasteiger partial charge in [0.15, 0.2) is 6.10 Å². The monoisotopic (exact) mass is 348 g/mol. The Morgan fingerprint density at radius 1 is 1.53 bits per heavy atom. The van der Waals surface area contributed by atoms with Gasteiger partial charge in [0, 0.05) is 11.0 Å². The van der Waals surface area contributed by atoms with Gasteiger partial charge in [-0.3, -0.25) is 0 Å². The molecule has 1 aliphatic heterocycles. The molecule has 0 amide bonds. The second-order valence-electron chi connectivity index (χ2n) is 3.93. The summed E-state index contributed by atoms with van der Waals surface area (Å²) in [6.45, 7) is 0.139. The summed E-state index contributed by atoms with van der Waals surface area (Å²) < 4.78 is 44.9. The lowest BCUT2D eigenvalue weighted by Gasteiger charge is -2.29. The molecule has 0 aromatic heterocycles.